The summed E-state index contributed by atoms with van der Waals surface area (Å²) in [6.45, 7) is 5.48. The molecule has 1 aromatic heterocycles. The van der Waals surface area contributed by atoms with Gasteiger partial charge in [-0.1, -0.05) is 30.3 Å². The number of hydrogen-bond donors (Lipinski definition) is 0. The number of aromatic nitrogens is 1. The first-order valence-corrected chi connectivity index (χ1v) is 9.24. The second-order valence-electron chi connectivity index (χ2n) is 7.17. The van der Waals surface area contributed by atoms with Crippen LogP contribution in [0.25, 0.3) is 10.9 Å². The molecule has 0 saturated carbocycles. The highest BCUT2D eigenvalue weighted by molar-refractivity contribution is 5.89. The number of anilines is 1. The zero-order valence-electron chi connectivity index (χ0n) is 15.5. The minimum absolute atomic E-state index is 0.227. The van der Waals surface area contributed by atoms with Crippen molar-refractivity contribution in [2.24, 2.45) is 7.05 Å². The van der Waals surface area contributed by atoms with E-state index in [9.17, 15) is 4.79 Å². The van der Waals surface area contributed by atoms with E-state index in [1.165, 1.54) is 22.2 Å². The molecule has 2 aromatic carbocycles. The van der Waals surface area contributed by atoms with Crippen molar-refractivity contribution >= 4 is 22.5 Å². The molecule has 26 heavy (non-hydrogen) atoms. The van der Waals surface area contributed by atoms with Crippen LogP contribution in [0.2, 0.25) is 0 Å². The maximum atomic E-state index is 12.8. The number of para-hydroxylation sites is 1. The van der Waals surface area contributed by atoms with Crippen molar-refractivity contribution in [3.63, 3.8) is 0 Å². The van der Waals surface area contributed by atoms with Crippen LogP contribution in [0.1, 0.15) is 11.1 Å². The molecule has 1 aliphatic rings. The Kier molecular flexibility index (Phi) is 4.41. The number of fused-ring (bicyclic) bond motifs is 1. The van der Waals surface area contributed by atoms with Crippen LogP contribution in [0.5, 0.6) is 0 Å². The average Bonchev–Trinajstić information content (AvgIpc) is 2.98. The second-order valence-corrected chi connectivity index (χ2v) is 7.17. The summed E-state index contributed by atoms with van der Waals surface area (Å²) in [5.74, 6) is 0.227. The Hall–Kier alpha value is -2.75. The number of hydrogen-bond acceptors (Lipinski definition) is 2. The number of piperazine rings is 1. The fourth-order valence-corrected chi connectivity index (χ4v) is 3.88. The number of nitrogens with zero attached hydrogens (tertiary/aromatic N) is 3. The van der Waals surface area contributed by atoms with Crippen molar-refractivity contribution in [3.8, 4) is 0 Å². The summed E-state index contributed by atoms with van der Waals surface area (Å²) in [4.78, 5) is 17.2. The molecule has 4 nitrogen and oxygen atoms in total. The summed E-state index contributed by atoms with van der Waals surface area (Å²) in [5, 5.41) is 1.18. The lowest BCUT2D eigenvalue weighted by atomic mass is 10.1. The summed E-state index contributed by atoms with van der Waals surface area (Å²) < 4.78 is 2.10. The number of amides is 1. The maximum Gasteiger partial charge on any atom is 0.227 e. The Labute approximate surface area is 154 Å². The van der Waals surface area contributed by atoms with Gasteiger partial charge in [0.1, 0.15) is 0 Å². The monoisotopic (exact) mass is 347 g/mol. The van der Waals surface area contributed by atoms with Gasteiger partial charge >= 0.3 is 0 Å². The van der Waals surface area contributed by atoms with E-state index in [1.807, 2.05) is 24.1 Å². The quantitative estimate of drug-likeness (QED) is 0.727. The highest BCUT2D eigenvalue weighted by Crippen LogP contribution is 2.22. The summed E-state index contributed by atoms with van der Waals surface area (Å²) in [7, 11) is 2.04. The van der Waals surface area contributed by atoms with Crippen LogP contribution in [0.4, 0.5) is 5.69 Å². The molecule has 1 fully saturated rings. The second kappa shape index (κ2) is 6.87. The van der Waals surface area contributed by atoms with Gasteiger partial charge in [-0.3, -0.25) is 4.79 Å². The smallest absolute Gasteiger partial charge is 0.227 e. The van der Waals surface area contributed by atoms with Crippen LogP contribution in [0.15, 0.2) is 54.7 Å². The van der Waals surface area contributed by atoms with E-state index in [1.54, 1.807) is 0 Å². The topological polar surface area (TPSA) is 28.5 Å². The molecule has 1 aliphatic heterocycles. The van der Waals surface area contributed by atoms with Crippen molar-refractivity contribution in [1.29, 1.82) is 0 Å². The predicted molar refractivity (Wildman–Crippen MR) is 107 cm³/mol. The van der Waals surface area contributed by atoms with E-state index >= 15 is 0 Å². The molecule has 0 atom stereocenters. The van der Waals surface area contributed by atoms with Crippen LogP contribution in [-0.4, -0.2) is 41.6 Å². The first-order valence-electron chi connectivity index (χ1n) is 9.24. The van der Waals surface area contributed by atoms with Crippen LogP contribution in [0.3, 0.4) is 0 Å². The SMILES string of the molecule is Cc1cccc(N2CCN(C(=O)Cc3cn(C)c4ccccc34)CC2)c1. The lowest BCUT2D eigenvalue weighted by molar-refractivity contribution is -0.130. The maximum absolute atomic E-state index is 12.8. The molecule has 1 saturated heterocycles. The van der Waals surface area contributed by atoms with Gasteiger partial charge in [0.15, 0.2) is 0 Å². The molecule has 0 aliphatic carbocycles. The number of rotatable bonds is 3. The summed E-state index contributed by atoms with van der Waals surface area (Å²) in [6.07, 6.45) is 2.57. The zero-order valence-corrected chi connectivity index (χ0v) is 15.5. The molecular weight excluding hydrogens is 322 g/mol. The van der Waals surface area contributed by atoms with Gasteiger partial charge in [0.25, 0.3) is 0 Å². The van der Waals surface area contributed by atoms with E-state index in [-0.39, 0.29) is 5.91 Å². The van der Waals surface area contributed by atoms with Gasteiger partial charge in [0.05, 0.1) is 6.42 Å². The average molecular weight is 347 g/mol. The Bertz CT molecular complexity index is 935. The zero-order chi connectivity index (χ0) is 18.1. The van der Waals surface area contributed by atoms with Crippen molar-refractivity contribution in [3.05, 3.63) is 65.9 Å². The molecule has 1 amide bonds. The third-order valence-electron chi connectivity index (χ3n) is 5.32. The lowest BCUT2D eigenvalue weighted by Crippen LogP contribution is -2.49. The number of benzene rings is 2. The van der Waals surface area contributed by atoms with Gasteiger partial charge < -0.3 is 14.4 Å². The molecule has 3 aromatic rings. The Balaban J connectivity index is 1.42. The molecule has 134 valence electrons. The molecule has 0 radical (unpaired) electrons. The van der Waals surface area contributed by atoms with E-state index in [4.69, 9.17) is 0 Å². The standard InChI is InChI=1S/C22H25N3O/c1-17-6-5-7-19(14-17)24-10-12-25(13-11-24)22(26)15-18-16-23(2)21-9-4-3-8-20(18)21/h3-9,14,16H,10-13,15H2,1-2H3. The molecule has 0 N–H and O–H groups in total. The van der Waals surface area contributed by atoms with Gasteiger partial charge in [-0.2, -0.15) is 0 Å². The number of carbonyl (C=O) groups is 1. The molecule has 4 rings (SSSR count). The molecular formula is C22H25N3O. The van der Waals surface area contributed by atoms with Crippen molar-refractivity contribution in [2.45, 2.75) is 13.3 Å². The van der Waals surface area contributed by atoms with Crippen molar-refractivity contribution in [2.75, 3.05) is 31.1 Å². The third-order valence-corrected chi connectivity index (χ3v) is 5.32. The number of aryl methyl sites for hydroxylation is 2. The minimum atomic E-state index is 0.227. The summed E-state index contributed by atoms with van der Waals surface area (Å²) in [5.41, 5.74) is 4.83. The van der Waals surface area contributed by atoms with E-state index in [0.717, 1.165) is 31.7 Å². The first-order chi connectivity index (χ1) is 12.6. The van der Waals surface area contributed by atoms with Crippen LogP contribution >= 0.6 is 0 Å². The Morgan fingerprint density at radius 2 is 1.77 bits per heavy atom. The van der Waals surface area contributed by atoms with Crippen molar-refractivity contribution < 1.29 is 4.79 Å². The molecule has 0 spiro atoms. The third kappa shape index (κ3) is 3.19. The van der Waals surface area contributed by atoms with E-state index < -0.39 is 0 Å². The first kappa shape index (κ1) is 16.7. The number of carbonyl (C=O) groups excluding carboxylic acids is 1. The van der Waals surface area contributed by atoms with Crippen LogP contribution in [0, 0.1) is 6.92 Å². The molecule has 2 heterocycles. The lowest BCUT2D eigenvalue weighted by Gasteiger charge is -2.36. The highest BCUT2D eigenvalue weighted by atomic mass is 16.2. The fourth-order valence-electron chi connectivity index (χ4n) is 3.88. The summed E-state index contributed by atoms with van der Waals surface area (Å²) >= 11 is 0. The van der Waals surface area contributed by atoms with Crippen LogP contribution in [-0.2, 0) is 18.3 Å². The normalized spacial score (nSPS) is 14.8. The van der Waals surface area contributed by atoms with Gasteiger partial charge in [-0.25, -0.2) is 0 Å². The summed E-state index contributed by atoms with van der Waals surface area (Å²) in [6, 6.07) is 16.9. The largest absolute Gasteiger partial charge is 0.368 e. The van der Waals surface area contributed by atoms with E-state index in [2.05, 4.69) is 59.0 Å². The Morgan fingerprint density at radius 1 is 1.00 bits per heavy atom. The molecule has 0 unspecified atom stereocenters. The van der Waals surface area contributed by atoms with Crippen molar-refractivity contribution in [1.82, 2.24) is 9.47 Å². The van der Waals surface area contributed by atoms with Gasteiger partial charge in [-0.05, 0) is 36.2 Å². The molecule has 0 bridgehead atoms. The van der Waals surface area contributed by atoms with Gasteiger partial charge in [0.2, 0.25) is 5.91 Å². The van der Waals surface area contributed by atoms with E-state index in [0.29, 0.717) is 6.42 Å². The predicted octanol–water partition coefficient (Wildman–Crippen LogP) is 3.38. The minimum Gasteiger partial charge on any atom is -0.368 e. The van der Waals surface area contributed by atoms with Gasteiger partial charge in [-0.15, -0.1) is 0 Å². The van der Waals surface area contributed by atoms with Gasteiger partial charge in [0, 0.05) is 56.0 Å². The van der Waals surface area contributed by atoms with Crippen LogP contribution < -0.4 is 4.90 Å². The Morgan fingerprint density at radius 3 is 2.54 bits per heavy atom. The fraction of sp³-hybridized carbons (Fsp3) is 0.318. The molecule has 4 heteroatoms. The highest BCUT2D eigenvalue weighted by Gasteiger charge is 2.22.